The van der Waals surface area contributed by atoms with E-state index in [0.717, 1.165) is 17.5 Å². The third-order valence-electron chi connectivity index (χ3n) is 2.24. The minimum Gasteiger partial charge on any atom is -0.481 e. The van der Waals surface area contributed by atoms with E-state index in [4.69, 9.17) is 5.11 Å². The second-order valence-corrected chi connectivity index (χ2v) is 6.83. The molecule has 0 saturated carbocycles. The van der Waals surface area contributed by atoms with Gasteiger partial charge in [0.25, 0.3) is 10.0 Å². The smallest absolute Gasteiger partial charge is 0.308 e. The first-order valence-electron chi connectivity index (χ1n) is 5.31. The summed E-state index contributed by atoms with van der Waals surface area (Å²) in [5.74, 6) is -1.85. The first kappa shape index (κ1) is 14.4. The van der Waals surface area contributed by atoms with Crippen molar-refractivity contribution in [3.63, 3.8) is 0 Å². The lowest BCUT2D eigenvalue weighted by Gasteiger charge is -2.06. The highest BCUT2D eigenvalue weighted by atomic mass is 32.2. The summed E-state index contributed by atoms with van der Waals surface area (Å²) in [5.41, 5.74) is -0.215. The fourth-order valence-electron chi connectivity index (χ4n) is 1.40. The topological polar surface area (TPSA) is 96.4 Å². The molecule has 0 aliphatic heterocycles. The van der Waals surface area contributed by atoms with Gasteiger partial charge in [-0.3, -0.25) is 14.5 Å². The number of anilines is 1. The Labute approximate surface area is 118 Å². The maximum atomic E-state index is 13.3. The van der Waals surface area contributed by atoms with Crippen molar-refractivity contribution in [1.82, 2.24) is 4.98 Å². The van der Waals surface area contributed by atoms with Gasteiger partial charge in [0.1, 0.15) is 4.21 Å². The van der Waals surface area contributed by atoms with Gasteiger partial charge in [0, 0.05) is 11.1 Å². The van der Waals surface area contributed by atoms with Crippen LogP contribution in [0.3, 0.4) is 0 Å². The molecule has 0 saturated heterocycles. The zero-order chi connectivity index (χ0) is 14.8. The third kappa shape index (κ3) is 3.31. The zero-order valence-electron chi connectivity index (χ0n) is 9.91. The number of nitrogens with zero attached hydrogens (tertiary/aromatic N) is 1. The minimum atomic E-state index is -3.94. The van der Waals surface area contributed by atoms with Crippen molar-refractivity contribution in [2.24, 2.45) is 0 Å². The van der Waals surface area contributed by atoms with Gasteiger partial charge < -0.3 is 5.11 Å². The predicted molar refractivity (Wildman–Crippen MR) is 70.7 cm³/mol. The molecular formula is C11H9FN2O4S2. The number of sulfonamides is 1. The van der Waals surface area contributed by atoms with Gasteiger partial charge in [-0.2, -0.15) is 0 Å². The molecule has 0 bridgehead atoms. The molecule has 9 heteroatoms. The highest BCUT2D eigenvalue weighted by Crippen LogP contribution is 2.25. The lowest BCUT2D eigenvalue weighted by Crippen LogP contribution is -2.12. The summed E-state index contributed by atoms with van der Waals surface area (Å²) in [6.07, 6.45) is 1.89. The van der Waals surface area contributed by atoms with Crippen molar-refractivity contribution in [2.45, 2.75) is 10.6 Å². The molecule has 6 nitrogen and oxygen atoms in total. The number of aromatic nitrogens is 1. The minimum absolute atomic E-state index is 0.0787. The van der Waals surface area contributed by atoms with Gasteiger partial charge in [-0.1, -0.05) is 0 Å². The highest BCUT2D eigenvalue weighted by molar-refractivity contribution is 7.94. The maximum Gasteiger partial charge on any atom is 0.308 e. The number of carbonyl (C=O) groups is 1. The maximum absolute atomic E-state index is 13.3. The molecule has 0 unspecified atom stereocenters. The fourth-order valence-corrected chi connectivity index (χ4v) is 3.81. The molecule has 106 valence electrons. The number of carboxylic acids is 1. The summed E-state index contributed by atoms with van der Waals surface area (Å²) in [5, 5.41) is 8.64. The molecule has 0 aliphatic rings. The molecule has 0 aromatic carbocycles. The van der Waals surface area contributed by atoms with E-state index in [1.54, 1.807) is 0 Å². The Balaban J connectivity index is 2.25. The van der Waals surface area contributed by atoms with Crippen LogP contribution in [-0.2, 0) is 21.2 Å². The van der Waals surface area contributed by atoms with Crippen LogP contribution in [0.2, 0.25) is 0 Å². The molecule has 2 N–H and O–H groups in total. The van der Waals surface area contributed by atoms with Crippen molar-refractivity contribution in [3.05, 3.63) is 41.3 Å². The lowest BCUT2D eigenvalue weighted by molar-refractivity contribution is -0.136. The molecule has 0 spiro atoms. The van der Waals surface area contributed by atoms with Crippen LogP contribution in [0.25, 0.3) is 0 Å². The summed E-state index contributed by atoms with van der Waals surface area (Å²) in [6.45, 7) is 0. The van der Waals surface area contributed by atoms with Gasteiger partial charge in [0.05, 0.1) is 18.3 Å². The van der Waals surface area contributed by atoms with Crippen LogP contribution in [0, 0.1) is 5.82 Å². The highest BCUT2D eigenvalue weighted by Gasteiger charge is 2.19. The van der Waals surface area contributed by atoms with E-state index in [0.29, 0.717) is 4.88 Å². The lowest BCUT2D eigenvalue weighted by atomic mass is 10.3. The van der Waals surface area contributed by atoms with Crippen LogP contribution >= 0.6 is 11.3 Å². The Hall–Kier alpha value is -2.00. The zero-order valence-corrected chi connectivity index (χ0v) is 11.5. The SMILES string of the molecule is O=C(O)Cc1ccc(S(=O)(=O)Nc2ccncc2F)s1. The van der Waals surface area contributed by atoms with E-state index >= 15 is 0 Å². The number of carboxylic acid groups (broad SMARTS) is 1. The molecule has 0 atom stereocenters. The molecule has 2 aromatic heterocycles. The summed E-state index contributed by atoms with van der Waals surface area (Å²) in [4.78, 5) is 14.5. The van der Waals surface area contributed by atoms with E-state index in [1.165, 1.54) is 24.4 Å². The van der Waals surface area contributed by atoms with E-state index in [-0.39, 0.29) is 16.3 Å². The summed E-state index contributed by atoms with van der Waals surface area (Å²) in [6, 6.07) is 3.89. The predicted octanol–water partition coefficient (Wildman–Crippen LogP) is 1.71. The Kier molecular flexibility index (Phi) is 4.00. The standard InChI is InChI=1S/C11H9FN2O4S2/c12-8-6-13-4-3-9(8)14-20(17,18)11-2-1-7(19-11)5-10(15)16/h1-4,6H,5H2,(H,13,14)(H,15,16). The van der Waals surface area contributed by atoms with Crippen LogP contribution < -0.4 is 4.72 Å². The summed E-state index contributed by atoms with van der Waals surface area (Å²) >= 11 is 0.824. The number of hydrogen-bond donors (Lipinski definition) is 2. The van der Waals surface area contributed by atoms with E-state index < -0.39 is 21.8 Å². The quantitative estimate of drug-likeness (QED) is 0.875. The first-order chi connectivity index (χ1) is 9.38. The Bertz CT molecular complexity index is 742. The van der Waals surface area contributed by atoms with Gasteiger partial charge in [-0.05, 0) is 18.2 Å². The van der Waals surface area contributed by atoms with Crippen LogP contribution in [-0.4, -0.2) is 24.5 Å². The molecule has 2 heterocycles. The summed E-state index contributed by atoms with van der Waals surface area (Å²) < 4.78 is 39.4. The fraction of sp³-hybridized carbons (Fsp3) is 0.0909. The third-order valence-corrected chi connectivity index (χ3v) is 5.19. The van der Waals surface area contributed by atoms with E-state index in [2.05, 4.69) is 9.71 Å². The van der Waals surface area contributed by atoms with Crippen molar-refractivity contribution in [2.75, 3.05) is 4.72 Å². The number of aliphatic carboxylic acids is 1. The molecule has 20 heavy (non-hydrogen) atoms. The van der Waals surface area contributed by atoms with Gasteiger partial charge in [-0.15, -0.1) is 11.3 Å². The van der Waals surface area contributed by atoms with Gasteiger partial charge in [0.2, 0.25) is 0 Å². The molecular weight excluding hydrogens is 307 g/mol. The average Bonchev–Trinajstić information content (AvgIpc) is 2.80. The number of nitrogens with one attached hydrogen (secondary N) is 1. The Morgan fingerprint density at radius 1 is 1.40 bits per heavy atom. The van der Waals surface area contributed by atoms with Crippen molar-refractivity contribution in [3.8, 4) is 0 Å². The molecule has 2 aromatic rings. The van der Waals surface area contributed by atoms with E-state index in [9.17, 15) is 17.6 Å². The van der Waals surface area contributed by atoms with Crippen LogP contribution in [0.4, 0.5) is 10.1 Å². The van der Waals surface area contributed by atoms with E-state index in [1.807, 2.05) is 0 Å². The number of rotatable bonds is 5. The molecule has 0 fully saturated rings. The number of hydrogen-bond acceptors (Lipinski definition) is 5. The number of thiophene rings is 1. The Morgan fingerprint density at radius 2 is 2.15 bits per heavy atom. The van der Waals surface area contributed by atoms with Gasteiger partial charge in [0.15, 0.2) is 5.82 Å². The van der Waals surface area contributed by atoms with Crippen LogP contribution in [0.15, 0.2) is 34.8 Å². The van der Waals surface area contributed by atoms with Crippen molar-refractivity contribution < 1.29 is 22.7 Å². The number of halogens is 1. The molecule has 0 radical (unpaired) electrons. The summed E-state index contributed by atoms with van der Waals surface area (Å²) in [7, 11) is -3.94. The number of pyridine rings is 1. The van der Waals surface area contributed by atoms with Crippen LogP contribution in [0.5, 0.6) is 0 Å². The van der Waals surface area contributed by atoms with Gasteiger partial charge in [-0.25, -0.2) is 12.8 Å². The van der Waals surface area contributed by atoms with Crippen molar-refractivity contribution in [1.29, 1.82) is 0 Å². The second-order valence-electron chi connectivity index (χ2n) is 3.75. The Morgan fingerprint density at radius 3 is 2.80 bits per heavy atom. The molecule has 0 amide bonds. The average molecular weight is 316 g/mol. The molecule has 0 aliphatic carbocycles. The van der Waals surface area contributed by atoms with Crippen LogP contribution in [0.1, 0.15) is 4.88 Å². The van der Waals surface area contributed by atoms with Crippen molar-refractivity contribution >= 4 is 33.0 Å². The molecule has 2 rings (SSSR count). The van der Waals surface area contributed by atoms with Gasteiger partial charge >= 0.3 is 5.97 Å². The first-order valence-corrected chi connectivity index (χ1v) is 7.61. The normalized spacial score (nSPS) is 11.2. The largest absolute Gasteiger partial charge is 0.481 e. The second kappa shape index (κ2) is 5.55. The monoisotopic (exact) mass is 316 g/mol.